The first-order valence-electron chi connectivity index (χ1n) is 7.21. The molecule has 2 rings (SSSR count). The Morgan fingerprint density at radius 3 is 3.05 bits per heavy atom. The summed E-state index contributed by atoms with van der Waals surface area (Å²) in [4.78, 5) is 14.3. The molecule has 0 spiro atoms. The van der Waals surface area contributed by atoms with Crippen molar-refractivity contribution in [2.75, 3.05) is 19.8 Å². The zero-order chi connectivity index (χ0) is 14.5. The molecule has 0 radical (unpaired) electrons. The van der Waals surface area contributed by atoms with Crippen LogP contribution in [-0.2, 0) is 4.74 Å². The average Bonchev–Trinajstić information content (AvgIpc) is 2.92. The Labute approximate surface area is 119 Å². The second kappa shape index (κ2) is 6.74. The standard InChI is InChI=1S/C14H24N4O2/c1-10(2)6-13-9-20-5-4-18(13)14(19)17-11(3)12-7-15-16-8-12/h7-8,10-11,13H,4-6,9H2,1-3H3,(H,15,16)(H,17,19). The fourth-order valence-corrected chi connectivity index (χ4v) is 2.51. The highest BCUT2D eigenvalue weighted by atomic mass is 16.5. The molecule has 1 aliphatic rings. The zero-order valence-electron chi connectivity index (χ0n) is 12.4. The van der Waals surface area contributed by atoms with Crippen molar-refractivity contribution in [1.29, 1.82) is 0 Å². The number of urea groups is 1. The minimum absolute atomic E-state index is 0.0207. The Morgan fingerprint density at radius 1 is 1.60 bits per heavy atom. The number of H-pyrrole nitrogens is 1. The highest BCUT2D eigenvalue weighted by molar-refractivity contribution is 5.75. The van der Waals surface area contributed by atoms with Gasteiger partial charge in [-0.2, -0.15) is 5.10 Å². The van der Waals surface area contributed by atoms with E-state index in [0.29, 0.717) is 25.7 Å². The van der Waals surface area contributed by atoms with Crippen molar-refractivity contribution in [3.8, 4) is 0 Å². The molecule has 1 fully saturated rings. The van der Waals surface area contributed by atoms with Gasteiger partial charge in [0.15, 0.2) is 0 Å². The predicted molar refractivity (Wildman–Crippen MR) is 76.3 cm³/mol. The molecule has 1 aromatic heterocycles. The fraction of sp³-hybridized carbons (Fsp3) is 0.714. The molecule has 0 aromatic carbocycles. The van der Waals surface area contributed by atoms with E-state index in [1.165, 1.54) is 0 Å². The van der Waals surface area contributed by atoms with Crippen LogP contribution in [0.5, 0.6) is 0 Å². The van der Waals surface area contributed by atoms with Crippen molar-refractivity contribution in [2.24, 2.45) is 5.92 Å². The number of carbonyl (C=O) groups excluding carboxylic acids is 1. The summed E-state index contributed by atoms with van der Waals surface area (Å²) in [7, 11) is 0. The van der Waals surface area contributed by atoms with Gasteiger partial charge in [-0.25, -0.2) is 4.79 Å². The molecule has 0 bridgehead atoms. The van der Waals surface area contributed by atoms with E-state index >= 15 is 0 Å². The lowest BCUT2D eigenvalue weighted by Gasteiger charge is -2.37. The van der Waals surface area contributed by atoms with Crippen molar-refractivity contribution in [3.63, 3.8) is 0 Å². The van der Waals surface area contributed by atoms with Crippen LogP contribution >= 0.6 is 0 Å². The molecule has 2 unspecified atom stereocenters. The van der Waals surface area contributed by atoms with Crippen LogP contribution in [0.15, 0.2) is 12.4 Å². The maximum atomic E-state index is 12.4. The van der Waals surface area contributed by atoms with Crippen molar-refractivity contribution >= 4 is 6.03 Å². The van der Waals surface area contributed by atoms with Gasteiger partial charge >= 0.3 is 6.03 Å². The summed E-state index contributed by atoms with van der Waals surface area (Å²) < 4.78 is 5.50. The minimum Gasteiger partial charge on any atom is -0.377 e. The van der Waals surface area contributed by atoms with Gasteiger partial charge in [-0.1, -0.05) is 13.8 Å². The molecule has 112 valence electrons. The zero-order valence-corrected chi connectivity index (χ0v) is 12.4. The Hall–Kier alpha value is -1.56. The van der Waals surface area contributed by atoms with Gasteiger partial charge in [-0.15, -0.1) is 0 Å². The summed E-state index contributed by atoms with van der Waals surface area (Å²) >= 11 is 0. The van der Waals surface area contributed by atoms with Crippen molar-refractivity contribution < 1.29 is 9.53 Å². The molecular weight excluding hydrogens is 256 g/mol. The van der Waals surface area contributed by atoms with Gasteiger partial charge in [0.25, 0.3) is 0 Å². The predicted octanol–water partition coefficient (Wildman–Crippen LogP) is 1.93. The number of morpholine rings is 1. The molecule has 6 nitrogen and oxygen atoms in total. The lowest BCUT2D eigenvalue weighted by atomic mass is 10.0. The largest absolute Gasteiger partial charge is 0.377 e. The molecule has 6 heteroatoms. The van der Waals surface area contributed by atoms with E-state index < -0.39 is 0 Å². The Balaban J connectivity index is 1.95. The first-order valence-corrected chi connectivity index (χ1v) is 7.21. The van der Waals surface area contributed by atoms with Gasteiger partial charge < -0.3 is 15.0 Å². The summed E-state index contributed by atoms with van der Waals surface area (Å²) in [5.41, 5.74) is 0.979. The molecule has 2 amide bonds. The second-order valence-electron chi connectivity index (χ2n) is 5.75. The van der Waals surface area contributed by atoms with Crippen LogP contribution < -0.4 is 5.32 Å². The number of nitrogens with one attached hydrogen (secondary N) is 2. The molecule has 2 N–H and O–H groups in total. The maximum Gasteiger partial charge on any atom is 0.318 e. The van der Waals surface area contributed by atoms with Crippen LogP contribution in [0.3, 0.4) is 0 Å². The normalized spacial score (nSPS) is 21.0. The third-order valence-corrected chi connectivity index (χ3v) is 3.59. The first kappa shape index (κ1) is 14.8. The monoisotopic (exact) mass is 280 g/mol. The van der Waals surface area contributed by atoms with E-state index in [1.807, 2.05) is 11.8 Å². The summed E-state index contributed by atoms with van der Waals surface area (Å²) in [6, 6.07) is 0.0942. The lowest BCUT2D eigenvalue weighted by molar-refractivity contribution is 0.00509. The Bertz CT molecular complexity index is 419. The third kappa shape index (κ3) is 3.72. The average molecular weight is 280 g/mol. The SMILES string of the molecule is CC(C)CC1COCCN1C(=O)NC(C)c1cn[nH]c1. The van der Waals surface area contributed by atoms with Gasteiger partial charge in [0.1, 0.15) is 0 Å². The molecule has 0 aliphatic carbocycles. The van der Waals surface area contributed by atoms with E-state index in [2.05, 4.69) is 29.4 Å². The van der Waals surface area contributed by atoms with Crippen LogP contribution in [0.25, 0.3) is 0 Å². The summed E-state index contributed by atoms with van der Waals surface area (Å²) in [6.07, 6.45) is 4.50. The van der Waals surface area contributed by atoms with Gasteiger partial charge in [-0.05, 0) is 19.3 Å². The molecule has 1 aliphatic heterocycles. The van der Waals surface area contributed by atoms with Crippen molar-refractivity contribution in [1.82, 2.24) is 20.4 Å². The number of aromatic amines is 1. The number of carbonyl (C=O) groups is 1. The van der Waals surface area contributed by atoms with E-state index in [4.69, 9.17) is 4.74 Å². The number of ether oxygens (including phenoxy) is 1. The topological polar surface area (TPSA) is 70.2 Å². The molecule has 1 aromatic rings. The summed E-state index contributed by atoms with van der Waals surface area (Å²) in [5.74, 6) is 0.545. The van der Waals surface area contributed by atoms with E-state index in [0.717, 1.165) is 12.0 Å². The van der Waals surface area contributed by atoms with Gasteiger partial charge in [0, 0.05) is 18.3 Å². The van der Waals surface area contributed by atoms with Crippen LogP contribution in [0, 0.1) is 5.92 Å². The van der Waals surface area contributed by atoms with E-state index in [-0.39, 0.29) is 18.1 Å². The number of hydrogen-bond donors (Lipinski definition) is 2. The molecule has 2 heterocycles. The molecule has 2 atom stereocenters. The number of nitrogens with zero attached hydrogens (tertiary/aromatic N) is 2. The smallest absolute Gasteiger partial charge is 0.318 e. The summed E-state index contributed by atoms with van der Waals surface area (Å²) in [6.45, 7) is 8.19. The van der Waals surface area contributed by atoms with Crippen LogP contribution in [0.1, 0.15) is 38.8 Å². The van der Waals surface area contributed by atoms with Gasteiger partial charge in [-0.3, -0.25) is 5.10 Å². The fourth-order valence-electron chi connectivity index (χ4n) is 2.51. The highest BCUT2D eigenvalue weighted by Gasteiger charge is 2.28. The Kier molecular flexibility index (Phi) is 5.00. The van der Waals surface area contributed by atoms with E-state index in [9.17, 15) is 4.79 Å². The van der Waals surface area contributed by atoms with Crippen LogP contribution in [0.2, 0.25) is 0 Å². The molecule has 20 heavy (non-hydrogen) atoms. The third-order valence-electron chi connectivity index (χ3n) is 3.59. The maximum absolute atomic E-state index is 12.4. The number of hydrogen-bond acceptors (Lipinski definition) is 3. The summed E-state index contributed by atoms with van der Waals surface area (Å²) in [5, 5.41) is 9.70. The number of amides is 2. The number of rotatable bonds is 4. The van der Waals surface area contributed by atoms with Crippen LogP contribution in [0.4, 0.5) is 4.79 Å². The Morgan fingerprint density at radius 2 is 2.40 bits per heavy atom. The van der Waals surface area contributed by atoms with Crippen LogP contribution in [-0.4, -0.2) is 46.9 Å². The van der Waals surface area contributed by atoms with E-state index in [1.54, 1.807) is 12.4 Å². The minimum atomic E-state index is -0.0520. The van der Waals surface area contributed by atoms with Crippen molar-refractivity contribution in [2.45, 2.75) is 39.3 Å². The second-order valence-corrected chi connectivity index (χ2v) is 5.75. The molecule has 0 saturated carbocycles. The first-order chi connectivity index (χ1) is 9.58. The number of aromatic nitrogens is 2. The molecular formula is C14H24N4O2. The highest BCUT2D eigenvalue weighted by Crippen LogP contribution is 2.17. The van der Waals surface area contributed by atoms with Gasteiger partial charge in [0.2, 0.25) is 0 Å². The van der Waals surface area contributed by atoms with Gasteiger partial charge in [0.05, 0.1) is 31.5 Å². The molecule has 1 saturated heterocycles. The quantitative estimate of drug-likeness (QED) is 0.885. The lowest BCUT2D eigenvalue weighted by Crippen LogP contribution is -2.53. The van der Waals surface area contributed by atoms with Crippen molar-refractivity contribution in [3.05, 3.63) is 18.0 Å².